The molecule has 0 saturated heterocycles. The van der Waals surface area contributed by atoms with Crippen molar-refractivity contribution < 1.29 is 9.18 Å². The van der Waals surface area contributed by atoms with E-state index >= 15 is 0 Å². The minimum atomic E-state index is -0.249. The normalized spacial score (nSPS) is 15.9. The van der Waals surface area contributed by atoms with E-state index in [-0.39, 0.29) is 17.8 Å². The second-order valence-corrected chi connectivity index (χ2v) is 7.74. The number of hydrogen-bond donors (Lipinski definition) is 1. The highest BCUT2D eigenvalue weighted by Crippen LogP contribution is 2.33. The van der Waals surface area contributed by atoms with E-state index in [1.165, 1.54) is 12.1 Å². The second kappa shape index (κ2) is 8.71. The van der Waals surface area contributed by atoms with E-state index in [2.05, 4.69) is 27.3 Å². The van der Waals surface area contributed by atoms with Crippen molar-refractivity contribution in [3.8, 4) is 0 Å². The Morgan fingerprint density at radius 1 is 1.13 bits per heavy atom. The molecule has 162 valence electrons. The van der Waals surface area contributed by atoms with Crippen molar-refractivity contribution in [3.63, 3.8) is 0 Å². The van der Waals surface area contributed by atoms with Gasteiger partial charge in [-0.2, -0.15) is 10.1 Å². The quantitative estimate of drug-likeness (QED) is 0.629. The predicted octanol–water partition coefficient (Wildman–Crippen LogP) is 3.05. The molecule has 8 nitrogen and oxygen atoms in total. The van der Waals surface area contributed by atoms with Gasteiger partial charge in [0, 0.05) is 32.4 Å². The zero-order valence-corrected chi connectivity index (χ0v) is 17.9. The second-order valence-electron chi connectivity index (χ2n) is 7.74. The maximum absolute atomic E-state index is 13.1. The molecule has 3 aromatic rings. The van der Waals surface area contributed by atoms with Gasteiger partial charge < -0.3 is 15.1 Å². The number of hydrogen-bond acceptors (Lipinski definition) is 6. The Labute approximate surface area is 180 Å². The van der Waals surface area contributed by atoms with E-state index in [0.717, 1.165) is 29.8 Å². The van der Waals surface area contributed by atoms with Crippen molar-refractivity contribution in [1.82, 2.24) is 19.7 Å². The summed E-state index contributed by atoms with van der Waals surface area (Å²) in [5.74, 6) is 1.05. The predicted molar refractivity (Wildman–Crippen MR) is 118 cm³/mol. The minimum absolute atomic E-state index is 0.0646. The maximum Gasteiger partial charge on any atom is 0.249 e. The lowest BCUT2D eigenvalue weighted by Crippen LogP contribution is -2.51. The molecular formula is C22H26FN7O. The van der Waals surface area contributed by atoms with Crippen LogP contribution in [0, 0.1) is 5.82 Å². The van der Waals surface area contributed by atoms with E-state index in [1.54, 1.807) is 36.5 Å². The number of nitrogens with one attached hydrogen (secondary N) is 1. The average Bonchev–Trinajstić information content (AvgIpc) is 3.22. The highest BCUT2D eigenvalue weighted by Gasteiger charge is 2.35. The number of amides is 1. The fourth-order valence-corrected chi connectivity index (χ4v) is 3.74. The first kappa shape index (κ1) is 20.8. The summed E-state index contributed by atoms with van der Waals surface area (Å²) in [7, 11) is 3.67. The van der Waals surface area contributed by atoms with Gasteiger partial charge in [0.15, 0.2) is 5.82 Å². The van der Waals surface area contributed by atoms with Gasteiger partial charge in [-0.1, -0.05) is 25.5 Å². The first-order chi connectivity index (χ1) is 15.0. The molecule has 0 saturated carbocycles. The number of rotatable bonds is 7. The molecule has 2 aromatic heterocycles. The van der Waals surface area contributed by atoms with Gasteiger partial charge in [0.25, 0.3) is 0 Å². The van der Waals surface area contributed by atoms with Crippen LogP contribution in [0.4, 0.5) is 21.8 Å². The SMILES string of the molecule is CCC[C@H]1C(=O)N(C)c2cnc(NCc3cnn(Cc4ccc(F)cc4)c3)nc2N1C. The van der Waals surface area contributed by atoms with E-state index in [9.17, 15) is 9.18 Å². The summed E-state index contributed by atoms with van der Waals surface area (Å²) in [5, 5.41) is 7.60. The van der Waals surface area contributed by atoms with Crippen molar-refractivity contribution >= 4 is 23.4 Å². The van der Waals surface area contributed by atoms with Crippen LogP contribution in [0.3, 0.4) is 0 Å². The number of benzene rings is 1. The van der Waals surface area contributed by atoms with Gasteiger partial charge in [-0.05, 0) is 24.1 Å². The molecule has 0 spiro atoms. The largest absolute Gasteiger partial charge is 0.350 e. The van der Waals surface area contributed by atoms with Crippen LogP contribution in [-0.2, 0) is 17.9 Å². The standard InChI is InChI=1S/C22H26FN7O/c1-4-5-18-21(31)29(3)19-12-25-22(27-20(19)28(18)2)24-10-16-11-26-30(14-16)13-15-6-8-17(23)9-7-15/h6-9,11-12,14,18H,4-5,10,13H2,1-3H3,(H,24,25,27)/t18-/m0/s1. The van der Waals surface area contributed by atoms with Crippen molar-refractivity contribution in [3.05, 3.63) is 59.8 Å². The highest BCUT2D eigenvalue weighted by molar-refractivity contribution is 6.04. The van der Waals surface area contributed by atoms with Crippen LogP contribution in [0.25, 0.3) is 0 Å². The number of nitrogens with zero attached hydrogens (tertiary/aromatic N) is 6. The third-order valence-electron chi connectivity index (χ3n) is 5.49. The third kappa shape index (κ3) is 4.35. The van der Waals surface area contributed by atoms with Crippen LogP contribution in [0.5, 0.6) is 0 Å². The van der Waals surface area contributed by atoms with E-state index < -0.39 is 0 Å². The van der Waals surface area contributed by atoms with Crippen molar-refractivity contribution in [2.45, 2.75) is 38.9 Å². The van der Waals surface area contributed by atoms with Gasteiger partial charge in [0.2, 0.25) is 11.9 Å². The van der Waals surface area contributed by atoms with Crippen LogP contribution < -0.4 is 15.1 Å². The zero-order chi connectivity index (χ0) is 22.0. The van der Waals surface area contributed by atoms with Crippen molar-refractivity contribution in [2.24, 2.45) is 0 Å². The van der Waals surface area contributed by atoms with E-state index in [1.807, 2.05) is 22.8 Å². The first-order valence-corrected chi connectivity index (χ1v) is 10.3. The van der Waals surface area contributed by atoms with Crippen LogP contribution in [0.2, 0.25) is 0 Å². The Morgan fingerprint density at radius 2 is 1.90 bits per heavy atom. The molecule has 1 aliphatic heterocycles. The molecule has 0 bridgehead atoms. The molecule has 0 fully saturated rings. The average molecular weight is 423 g/mol. The van der Waals surface area contributed by atoms with E-state index in [4.69, 9.17) is 0 Å². The monoisotopic (exact) mass is 423 g/mol. The lowest BCUT2D eigenvalue weighted by Gasteiger charge is -2.38. The minimum Gasteiger partial charge on any atom is -0.350 e. The Hall–Kier alpha value is -3.49. The fourth-order valence-electron chi connectivity index (χ4n) is 3.74. The Balaban J connectivity index is 1.44. The smallest absolute Gasteiger partial charge is 0.249 e. The highest BCUT2D eigenvalue weighted by atomic mass is 19.1. The number of fused-ring (bicyclic) bond motifs is 1. The molecular weight excluding hydrogens is 397 g/mol. The molecule has 4 rings (SSSR count). The van der Waals surface area contributed by atoms with Gasteiger partial charge in [0.1, 0.15) is 17.5 Å². The summed E-state index contributed by atoms with van der Waals surface area (Å²) >= 11 is 0. The Bertz CT molecular complexity index is 1070. The summed E-state index contributed by atoms with van der Waals surface area (Å²) < 4.78 is 14.9. The topological polar surface area (TPSA) is 79.2 Å². The molecule has 0 radical (unpaired) electrons. The number of anilines is 3. The van der Waals surface area contributed by atoms with Gasteiger partial charge in [-0.25, -0.2) is 9.37 Å². The summed E-state index contributed by atoms with van der Waals surface area (Å²) in [4.78, 5) is 25.2. The number of aromatic nitrogens is 4. The Kier molecular flexibility index (Phi) is 5.83. The van der Waals surface area contributed by atoms with Crippen molar-refractivity contribution in [2.75, 3.05) is 29.2 Å². The number of likely N-dealkylation sites (N-methyl/N-ethyl adjacent to an activating group) is 2. The number of carbonyl (C=O) groups excluding carboxylic acids is 1. The lowest BCUT2D eigenvalue weighted by atomic mass is 10.1. The molecule has 1 aromatic carbocycles. The van der Waals surface area contributed by atoms with Gasteiger partial charge in [-0.15, -0.1) is 0 Å². The zero-order valence-electron chi connectivity index (χ0n) is 17.9. The molecule has 0 aliphatic carbocycles. The molecule has 1 amide bonds. The maximum atomic E-state index is 13.1. The molecule has 31 heavy (non-hydrogen) atoms. The summed E-state index contributed by atoms with van der Waals surface area (Å²) in [5.41, 5.74) is 2.66. The van der Waals surface area contributed by atoms with Crippen molar-refractivity contribution in [1.29, 1.82) is 0 Å². The van der Waals surface area contributed by atoms with E-state index in [0.29, 0.717) is 24.7 Å². The first-order valence-electron chi connectivity index (χ1n) is 10.3. The van der Waals surface area contributed by atoms with Crippen LogP contribution in [0.1, 0.15) is 30.9 Å². The molecule has 1 N–H and O–H groups in total. The fraction of sp³-hybridized carbons (Fsp3) is 0.364. The van der Waals surface area contributed by atoms with Gasteiger partial charge in [0.05, 0.1) is 18.9 Å². The number of halogens is 1. The molecule has 3 heterocycles. The van der Waals surface area contributed by atoms with Crippen LogP contribution in [0.15, 0.2) is 42.9 Å². The lowest BCUT2D eigenvalue weighted by molar-refractivity contribution is -0.120. The molecule has 1 atom stereocenters. The summed E-state index contributed by atoms with van der Waals surface area (Å²) in [6.07, 6.45) is 7.09. The molecule has 0 unspecified atom stereocenters. The molecule has 9 heteroatoms. The number of carbonyl (C=O) groups is 1. The van der Waals surface area contributed by atoms with Crippen LogP contribution >= 0.6 is 0 Å². The van der Waals surface area contributed by atoms with Crippen LogP contribution in [-0.4, -0.2) is 45.8 Å². The third-order valence-corrected chi connectivity index (χ3v) is 5.49. The van der Waals surface area contributed by atoms with Gasteiger partial charge in [-0.3, -0.25) is 9.48 Å². The summed E-state index contributed by atoms with van der Waals surface area (Å²) in [6, 6.07) is 6.18. The Morgan fingerprint density at radius 3 is 2.65 bits per heavy atom. The summed E-state index contributed by atoms with van der Waals surface area (Å²) in [6.45, 7) is 3.15. The van der Waals surface area contributed by atoms with Gasteiger partial charge >= 0.3 is 0 Å². The molecule has 1 aliphatic rings.